The van der Waals surface area contributed by atoms with Crippen LogP contribution in [0.4, 0.5) is 0 Å². The maximum Gasteiger partial charge on any atom is 0.258 e. The molecule has 6 heteroatoms. The predicted molar refractivity (Wildman–Crippen MR) is 89.3 cm³/mol. The summed E-state index contributed by atoms with van der Waals surface area (Å²) >= 11 is 0. The summed E-state index contributed by atoms with van der Waals surface area (Å²) < 4.78 is 0. The summed E-state index contributed by atoms with van der Waals surface area (Å²) in [5.41, 5.74) is 1.19. The average molecular weight is 318 g/mol. The largest absolute Gasteiger partial charge is 0.334 e. The van der Waals surface area contributed by atoms with Crippen molar-refractivity contribution in [2.24, 2.45) is 0 Å². The van der Waals surface area contributed by atoms with Crippen molar-refractivity contribution in [3.8, 4) is 6.07 Å². The van der Waals surface area contributed by atoms with Gasteiger partial charge in [-0.25, -0.2) is 4.98 Å². The normalized spacial score (nSPS) is 10.3. The Morgan fingerprint density at radius 1 is 1.25 bits per heavy atom. The molecule has 0 atom stereocenters. The Balaban J connectivity index is 1.86. The fraction of sp³-hybridized carbons (Fsp3) is 0.111. The minimum atomic E-state index is -0.247. The van der Waals surface area contributed by atoms with Gasteiger partial charge in [-0.05, 0) is 30.3 Å². The molecule has 3 rings (SSSR count). The smallest absolute Gasteiger partial charge is 0.258 e. The minimum Gasteiger partial charge on any atom is -0.334 e. The number of hydrogen-bond donors (Lipinski definition) is 1. The Bertz CT molecular complexity index is 1020. The number of nitrogens with one attached hydrogen (secondary N) is 1. The second-order valence-electron chi connectivity index (χ2n) is 5.38. The van der Waals surface area contributed by atoms with Crippen LogP contribution in [0, 0.1) is 11.3 Å². The molecule has 6 nitrogen and oxygen atoms in total. The van der Waals surface area contributed by atoms with Crippen LogP contribution in [0.1, 0.15) is 21.7 Å². The third-order valence-corrected chi connectivity index (χ3v) is 3.63. The minimum absolute atomic E-state index is 0.162. The number of carbonyl (C=O) groups excluding carboxylic acids is 1. The van der Waals surface area contributed by atoms with Crippen LogP contribution in [0.5, 0.6) is 0 Å². The van der Waals surface area contributed by atoms with Gasteiger partial charge in [0.2, 0.25) is 0 Å². The second kappa shape index (κ2) is 6.34. The number of rotatable bonds is 3. The van der Waals surface area contributed by atoms with Crippen LogP contribution in [-0.4, -0.2) is 27.8 Å². The van der Waals surface area contributed by atoms with Crippen molar-refractivity contribution in [2.75, 3.05) is 7.05 Å². The molecule has 0 aliphatic carbocycles. The van der Waals surface area contributed by atoms with E-state index in [-0.39, 0.29) is 18.0 Å². The van der Waals surface area contributed by atoms with Gasteiger partial charge in [-0.2, -0.15) is 5.26 Å². The number of aromatic amines is 1. The maximum atomic E-state index is 12.5. The van der Waals surface area contributed by atoms with Crippen molar-refractivity contribution in [1.29, 1.82) is 5.26 Å². The van der Waals surface area contributed by atoms with Crippen LogP contribution in [-0.2, 0) is 6.54 Å². The van der Waals surface area contributed by atoms with Crippen LogP contribution in [0.25, 0.3) is 10.9 Å². The van der Waals surface area contributed by atoms with Crippen LogP contribution in [0.2, 0.25) is 0 Å². The van der Waals surface area contributed by atoms with Gasteiger partial charge in [-0.1, -0.05) is 18.2 Å². The Kier molecular flexibility index (Phi) is 4.08. The number of nitrogens with zero attached hydrogens (tertiary/aromatic N) is 3. The van der Waals surface area contributed by atoms with E-state index in [9.17, 15) is 9.59 Å². The summed E-state index contributed by atoms with van der Waals surface area (Å²) in [4.78, 5) is 33.1. The molecule has 0 radical (unpaired) electrons. The molecule has 0 aliphatic rings. The van der Waals surface area contributed by atoms with E-state index in [0.29, 0.717) is 27.9 Å². The van der Waals surface area contributed by atoms with Crippen molar-refractivity contribution in [3.63, 3.8) is 0 Å². The number of hydrogen-bond acceptors (Lipinski definition) is 4. The summed E-state index contributed by atoms with van der Waals surface area (Å²) in [6.45, 7) is 0.162. The molecule has 3 aromatic rings. The summed E-state index contributed by atoms with van der Waals surface area (Å²) in [5, 5.41) is 9.44. The van der Waals surface area contributed by atoms with Crippen LogP contribution in [0.3, 0.4) is 0 Å². The van der Waals surface area contributed by atoms with E-state index in [2.05, 4.69) is 9.97 Å². The van der Waals surface area contributed by atoms with Gasteiger partial charge in [0.25, 0.3) is 11.5 Å². The third-order valence-electron chi connectivity index (χ3n) is 3.63. The number of fused-ring (bicyclic) bond motifs is 1. The van der Waals surface area contributed by atoms with Crippen molar-refractivity contribution in [2.45, 2.75) is 6.54 Å². The van der Waals surface area contributed by atoms with E-state index in [1.165, 1.54) is 11.0 Å². The Hall–Kier alpha value is -3.46. The highest BCUT2D eigenvalue weighted by atomic mass is 16.2. The average Bonchev–Trinajstić information content (AvgIpc) is 2.61. The first-order chi connectivity index (χ1) is 11.6. The van der Waals surface area contributed by atoms with E-state index in [1.54, 1.807) is 49.5 Å². The van der Waals surface area contributed by atoms with Crippen LogP contribution >= 0.6 is 0 Å². The summed E-state index contributed by atoms with van der Waals surface area (Å²) in [5.74, 6) is 0.161. The molecule has 0 spiro atoms. The molecule has 118 valence electrons. The maximum absolute atomic E-state index is 12.5. The molecule has 0 bridgehead atoms. The zero-order valence-electron chi connectivity index (χ0n) is 13.0. The Morgan fingerprint density at radius 2 is 2.04 bits per heavy atom. The first-order valence-corrected chi connectivity index (χ1v) is 7.32. The number of aromatic nitrogens is 2. The van der Waals surface area contributed by atoms with Gasteiger partial charge >= 0.3 is 0 Å². The molecule has 0 saturated heterocycles. The summed E-state index contributed by atoms with van der Waals surface area (Å²) in [7, 11) is 1.62. The summed E-state index contributed by atoms with van der Waals surface area (Å²) in [6, 6.07) is 15.5. The highest BCUT2D eigenvalue weighted by Crippen LogP contribution is 2.10. The number of para-hydroxylation sites is 1. The standard InChI is InChI=1S/C18H14N4O2/c1-22(18(24)13-6-4-5-12(9-13)10-19)11-16-20-15-8-3-2-7-14(15)17(23)21-16/h2-9H,11H2,1H3,(H,20,21,23). The molecule has 0 fully saturated rings. The topological polar surface area (TPSA) is 89.8 Å². The number of carbonyl (C=O) groups is 1. The highest BCUT2D eigenvalue weighted by molar-refractivity contribution is 5.94. The first kappa shape index (κ1) is 15.4. The quantitative estimate of drug-likeness (QED) is 0.800. The zero-order chi connectivity index (χ0) is 17.1. The Labute approximate surface area is 138 Å². The molecule has 2 aromatic carbocycles. The van der Waals surface area contributed by atoms with Gasteiger partial charge < -0.3 is 9.88 Å². The predicted octanol–water partition coefficient (Wildman–Crippen LogP) is 2.07. The van der Waals surface area contributed by atoms with Crippen LogP contribution in [0.15, 0.2) is 53.3 Å². The molecule has 1 amide bonds. The molecule has 0 aliphatic heterocycles. The third kappa shape index (κ3) is 3.01. The molecular formula is C18H14N4O2. The molecule has 1 heterocycles. The first-order valence-electron chi connectivity index (χ1n) is 7.32. The van der Waals surface area contributed by atoms with Gasteiger partial charge in [0.15, 0.2) is 0 Å². The number of H-pyrrole nitrogens is 1. The fourth-order valence-electron chi connectivity index (χ4n) is 2.45. The number of benzene rings is 2. The zero-order valence-corrected chi connectivity index (χ0v) is 13.0. The van der Waals surface area contributed by atoms with Crippen molar-refractivity contribution < 1.29 is 4.79 Å². The van der Waals surface area contributed by atoms with E-state index >= 15 is 0 Å². The monoisotopic (exact) mass is 318 g/mol. The molecule has 0 saturated carbocycles. The lowest BCUT2D eigenvalue weighted by Gasteiger charge is -2.17. The number of amides is 1. The lowest BCUT2D eigenvalue weighted by atomic mass is 10.1. The Morgan fingerprint density at radius 3 is 2.83 bits per heavy atom. The van der Waals surface area contributed by atoms with Crippen molar-refractivity contribution >= 4 is 16.8 Å². The van der Waals surface area contributed by atoms with E-state index < -0.39 is 0 Å². The highest BCUT2D eigenvalue weighted by Gasteiger charge is 2.14. The van der Waals surface area contributed by atoms with Gasteiger partial charge in [0, 0.05) is 12.6 Å². The number of nitriles is 1. The van der Waals surface area contributed by atoms with Gasteiger partial charge in [0.05, 0.1) is 29.1 Å². The van der Waals surface area contributed by atoms with E-state index in [0.717, 1.165) is 0 Å². The lowest BCUT2D eigenvalue weighted by molar-refractivity contribution is 0.0781. The second-order valence-corrected chi connectivity index (χ2v) is 5.38. The SMILES string of the molecule is CN(Cc1nc2ccccc2c(=O)[nH]1)C(=O)c1cccc(C#N)c1. The summed E-state index contributed by atoms with van der Waals surface area (Å²) in [6.07, 6.45) is 0. The molecule has 1 aromatic heterocycles. The van der Waals surface area contributed by atoms with E-state index in [4.69, 9.17) is 5.26 Å². The molecule has 1 N–H and O–H groups in total. The molecule has 24 heavy (non-hydrogen) atoms. The molecule has 0 unspecified atom stereocenters. The van der Waals surface area contributed by atoms with Crippen molar-refractivity contribution in [1.82, 2.24) is 14.9 Å². The fourth-order valence-corrected chi connectivity index (χ4v) is 2.45. The van der Waals surface area contributed by atoms with Gasteiger partial charge in [0.1, 0.15) is 5.82 Å². The van der Waals surface area contributed by atoms with Crippen molar-refractivity contribution in [3.05, 3.63) is 75.8 Å². The van der Waals surface area contributed by atoms with Crippen LogP contribution < -0.4 is 5.56 Å². The van der Waals surface area contributed by atoms with Gasteiger partial charge in [-0.3, -0.25) is 9.59 Å². The lowest BCUT2D eigenvalue weighted by Crippen LogP contribution is -2.28. The van der Waals surface area contributed by atoms with Gasteiger partial charge in [-0.15, -0.1) is 0 Å². The van der Waals surface area contributed by atoms with E-state index in [1.807, 2.05) is 6.07 Å². The molecular weight excluding hydrogens is 304 g/mol.